The molecule has 0 bridgehead atoms. The molecule has 1 aromatic carbocycles. The summed E-state index contributed by atoms with van der Waals surface area (Å²) >= 11 is 0. The first-order valence-corrected chi connectivity index (χ1v) is 8.64. The van der Waals surface area contributed by atoms with Crippen LogP contribution in [0.2, 0.25) is 0 Å². The monoisotopic (exact) mass is 299 g/mol. The van der Waals surface area contributed by atoms with Crippen molar-refractivity contribution in [2.75, 3.05) is 24.2 Å². The van der Waals surface area contributed by atoms with E-state index in [1.807, 2.05) is 6.07 Å². The van der Waals surface area contributed by atoms with Crippen LogP contribution in [0.4, 0.5) is 5.69 Å². The van der Waals surface area contributed by atoms with Gasteiger partial charge in [-0.05, 0) is 30.4 Å². The second-order valence-corrected chi connectivity index (χ2v) is 7.99. The SMILES string of the molecule is CCS(=O)(=O)c1ccccc1NCC(C)(C)CCCO. The molecule has 1 aromatic rings. The quantitative estimate of drug-likeness (QED) is 0.774. The van der Waals surface area contributed by atoms with Crippen LogP contribution in [0.3, 0.4) is 0 Å². The molecular formula is C15H25NO3S. The van der Waals surface area contributed by atoms with E-state index in [1.165, 1.54) is 0 Å². The summed E-state index contributed by atoms with van der Waals surface area (Å²) in [4.78, 5) is 0.362. The van der Waals surface area contributed by atoms with Crippen LogP contribution in [-0.4, -0.2) is 32.4 Å². The van der Waals surface area contributed by atoms with Crippen LogP contribution in [0.25, 0.3) is 0 Å². The topological polar surface area (TPSA) is 66.4 Å². The highest BCUT2D eigenvalue weighted by Crippen LogP contribution is 2.26. The molecular weight excluding hydrogens is 274 g/mol. The number of aliphatic hydroxyl groups excluding tert-OH is 1. The zero-order valence-electron chi connectivity index (χ0n) is 12.5. The van der Waals surface area contributed by atoms with Crippen LogP contribution in [0.15, 0.2) is 29.2 Å². The van der Waals surface area contributed by atoms with Crippen LogP contribution in [0.1, 0.15) is 33.6 Å². The summed E-state index contributed by atoms with van der Waals surface area (Å²) in [6.45, 7) is 6.71. The number of hydrogen-bond donors (Lipinski definition) is 2. The third-order valence-corrected chi connectivity index (χ3v) is 5.16. The fraction of sp³-hybridized carbons (Fsp3) is 0.600. The number of para-hydroxylation sites is 1. The highest BCUT2D eigenvalue weighted by molar-refractivity contribution is 7.91. The maximum Gasteiger partial charge on any atom is 0.180 e. The van der Waals surface area contributed by atoms with Crippen molar-refractivity contribution in [3.05, 3.63) is 24.3 Å². The van der Waals surface area contributed by atoms with Crippen molar-refractivity contribution < 1.29 is 13.5 Å². The Bertz CT molecular complexity index is 524. The lowest BCUT2D eigenvalue weighted by Gasteiger charge is -2.26. The van der Waals surface area contributed by atoms with E-state index < -0.39 is 9.84 Å². The maximum atomic E-state index is 12.0. The van der Waals surface area contributed by atoms with E-state index >= 15 is 0 Å². The van der Waals surface area contributed by atoms with Crippen molar-refractivity contribution >= 4 is 15.5 Å². The van der Waals surface area contributed by atoms with E-state index in [9.17, 15) is 8.42 Å². The average Bonchev–Trinajstić information content (AvgIpc) is 2.43. The predicted molar refractivity (Wildman–Crippen MR) is 82.8 cm³/mol. The summed E-state index contributed by atoms with van der Waals surface area (Å²) in [6, 6.07) is 7.01. The molecule has 0 atom stereocenters. The summed E-state index contributed by atoms with van der Waals surface area (Å²) in [6.07, 6.45) is 1.64. The van der Waals surface area contributed by atoms with E-state index in [2.05, 4.69) is 19.2 Å². The van der Waals surface area contributed by atoms with Gasteiger partial charge in [-0.15, -0.1) is 0 Å². The van der Waals surface area contributed by atoms with Gasteiger partial charge in [-0.2, -0.15) is 0 Å². The fourth-order valence-corrected chi connectivity index (χ4v) is 3.09. The molecule has 0 amide bonds. The van der Waals surface area contributed by atoms with Gasteiger partial charge in [0.15, 0.2) is 9.84 Å². The van der Waals surface area contributed by atoms with Gasteiger partial charge in [0, 0.05) is 13.2 Å². The Hall–Kier alpha value is -1.07. The zero-order valence-corrected chi connectivity index (χ0v) is 13.3. The summed E-state index contributed by atoms with van der Waals surface area (Å²) in [5.74, 6) is 0.0968. The second-order valence-electron chi connectivity index (χ2n) is 5.74. The molecule has 5 heteroatoms. The molecule has 0 saturated heterocycles. The molecule has 0 saturated carbocycles. The minimum atomic E-state index is -3.22. The smallest absolute Gasteiger partial charge is 0.180 e. The third-order valence-electron chi connectivity index (χ3n) is 3.37. The Morgan fingerprint density at radius 3 is 2.50 bits per heavy atom. The molecule has 0 heterocycles. The first kappa shape index (κ1) is 17.0. The number of rotatable bonds is 8. The predicted octanol–water partition coefficient (Wildman–Crippen LogP) is 2.69. The summed E-state index contributed by atoms with van der Waals surface area (Å²) in [5.41, 5.74) is 0.664. The van der Waals surface area contributed by atoms with Crippen molar-refractivity contribution in [2.45, 2.75) is 38.5 Å². The Kier molecular flexibility index (Phi) is 6.02. The number of aliphatic hydroxyl groups is 1. The highest BCUT2D eigenvalue weighted by atomic mass is 32.2. The molecule has 0 aromatic heterocycles. The lowest BCUT2D eigenvalue weighted by Crippen LogP contribution is -2.24. The molecule has 0 aliphatic rings. The number of anilines is 1. The third kappa shape index (κ3) is 4.80. The first-order chi connectivity index (χ1) is 9.32. The maximum absolute atomic E-state index is 12.0. The molecule has 114 valence electrons. The summed E-state index contributed by atoms with van der Waals surface area (Å²) in [7, 11) is -3.22. The van der Waals surface area contributed by atoms with Gasteiger partial charge < -0.3 is 10.4 Å². The zero-order chi connectivity index (χ0) is 15.2. The van der Waals surface area contributed by atoms with Gasteiger partial charge >= 0.3 is 0 Å². The van der Waals surface area contributed by atoms with E-state index in [4.69, 9.17) is 5.11 Å². The van der Waals surface area contributed by atoms with E-state index in [0.717, 1.165) is 12.8 Å². The van der Waals surface area contributed by atoms with E-state index in [1.54, 1.807) is 25.1 Å². The normalized spacial score (nSPS) is 12.4. The average molecular weight is 299 g/mol. The van der Waals surface area contributed by atoms with Gasteiger partial charge in [-0.3, -0.25) is 0 Å². The molecule has 1 rings (SSSR count). The Morgan fingerprint density at radius 2 is 1.90 bits per heavy atom. The lowest BCUT2D eigenvalue weighted by molar-refractivity contribution is 0.248. The fourth-order valence-electron chi connectivity index (χ4n) is 2.02. The van der Waals surface area contributed by atoms with Crippen molar-refractivity contribution in [3.63, 3.8) is 0 Å². The number of sulfone groups is 1. The van der Waals surface area contributed by atoms with E-state index in [-0.39, 0.29) is 17.8 Å². The van der Waals surface area contributed by atoms with Gasteiger partial charge in [0.25, 0.3) is 0 Å². The molecule has 0 spiro atoms. The van der Waals surface area contributed by atoms with Crippen molar-refractivity contribution in [3.8, 4) is 0 Å². The van der Waals surface area contributed by atoms with Gasteiger partial charge in [0.1, 0.15) is 0 Å². The van der Waals surface area contributed by atoms with Crippen LogP contribution >= 0.6 is 0 Å². The molecule has 0 aliphatic carbocycles. The van der Waals surface area contributed by atoms with Crippen molar-refractivity contribution in [2.24, 2.45) is 5.41 Å². The number of hydrogen-bond acceptors (Lipinski definition) is 4. The molecule has 20 heavy (non-hydrogen) atoms. The van der Waals surface area contributed by atoms with Crippen LogP contribution < -0.4 is 5.32 Å². The Morgan fingerprint density at radius 1 is 1.25 bits per heavy atom. The summed E-state index contributed by atoms with van der Waals surface area (Å²) < 4.78 is 24.1. The van der Waals surface area contributed by atoms with Crippen LogP contribution in [0, 0.1) is 5.41 Å². The second kappa shape index (κ2) is 7.09. The largest absolute Gasteiger partial charge is 0.396 e. The lowest BCUT2D eigenvalue weighted by atomic mass is 9.88. The van der Waals surface area contributed by atoms with Crippen molar-refractivity contribution in [1.82, 2.24) is 0 Å². The molecule has 0 radical (unpaired) electrons. The number of benzene rings is 1. The summed E-state index contributed by atoms with van der Waals surface area (Å²) in [5, 5.41) is 12.1. The molecule has 0 unspecified atom stereocenters. The van der Waals surface area contributed by atoms with Crippen LogP contribution in [-0.2, 0) is 9.84 Å². The number of nitrogens with one attached hydrogen (secondary N) is 1. The first-order valence-electron chi connectivity index (χ1n) is 6.99. The molecule has 0 fully saturated rings. The Labute approximate surface area is 122 Å². The van der Waals surface area contributed by atoms with Gasteiger partial charge in [0.05, 0.1) is 16.3 Å². The minimum Gasteiger partial charge on any atom is -0.396 e. The minimum absolute atomic E-state index is 0.00577. The molecule has 2 N–H and O–H groups in total. The van der Waals surface area contributed by atoms with Crippen LogP contribution in [0.5, 0.6) is 0 Å². The standard InChI is InChI=1S/C15H25NO3S/c1-4-20(18,19)14-9-6-5-8-13(14)16-12-15(2,3)10-7-11-17/h5-6,8-9,16-17H,4,7,10-12H2,1-3H3. The molecule has 4 nitrogen and oxygen atoms in total. The van der Waals surface area contributed by atoms with Gasteiger partial charge in [-0.25, -0.2) is 8.42 Å². The van der Waals surface area contributed by atoms with Gasteiger partial charge in [0.2, 0.25) is 0 Å². The highest BCUT2D eigenvalue weighted by Gasteiger charge is 2.20. The molecule has 0 aliphatic heterocycles. The van der Waals surface area contributed by atoms with Crippen molar-refractivity contribution in [1.29, 1.82) is 0 Å². The van der Waals surface area contributed by atoms with E-state index in [0.29, 0.717) is 17.1 Å². The van der Waals surface area contributed by atoms with Gasteiger partial charge in [-0.1, -0.05) is 32.9 Å². The Balaban J connectivity index is 2.84.